The molecule has 20 heteroatoms. The van der Waals surface area contributed by atoms with E-state index in [4.69, 9.17) is 42.6 Å². The minimum atomic E-state index is -1.98. The van der Waals surface area contributed by atoms with Gasteiger partial charge in [-0.1, -0.05) is 80.1 Å². The van der Waals surface area contributed by atoms with Crippen LogP contribution in [0.2, 0.25) is 0 Å². The first-order valence-corrected chi connectivity index (χ1v) is 22.5. The summed E-state index contributed by atoms with van der Waals surface area (Å²) in [4.78, 5) is 52.6. The van der Waals surface area contributed by atoms with Crippen molar-refractivity contribution in [3.63, 3.8) is 0 Å². The van der Waals surface area contributed by atoms with E-state index in [-0.39, 0.29) is 18.8 Å². The molecule has 63 heavy (non-hydrogen) atoms. The van der Waals surface area contributed by atoms with Gasteiger partial charge >= 0.3 is 23.9 Å². The molecule has 0 bridgehead atoms. The molecule has 3 aliphatic heterocycles. The molecule has 0 aliphatic carbocycles. The fraction of sp³-hybridized carbons (Fsp3) is 0.907. The highest BCUT2D eigenvalue weighted by Crippen LogP contribution is 2.35. The summed E-state index contributed by atoms with van der Waals surface area (Å²) in [6.45, 7) is 10.6. The third-order valence-corrected chi connectivity index (χ3v) is 12.1. The van der Waals surface area contributed by atoms with E-state index in [0.717, 1.165) is 45.4 Å². The van der Waals surface area contributed by atoms with E-state index >= 15 is 0 Å². The highest BCUT2D eigenvalue weighted by Gasteiger charge is 2.56. The zero-order chi connectivity index (χ0) is 47.0. The zero-order valence-electron chi connectivity index (χ0n) is 37.7. The van der Waals surface area contributed by atoms with Crippen LogP contribution in [0.25, 0.3) is 0 Å². The lowest BCUT2D eigenvalue weighted by Gasteiger charge is -2.47. The van der Waals surface area contributed by atoms with Crippen LogP contribution in [0, 0.1) is 17.8 Å². The molecular formula is C43H74O20. The summed E-state index contributed by atoms with van der Waals surface area (Å²) in [7, 11) is 0. The Balaban J connectivity index is 2.08. The Morgan fingerprint density at radius 2 is 1.11 bits per heavy atom. The molecule has 7 N–H and O–H groups in total. The van der Waals surface area contributed by atoms with E-state index in [1.807, 2.05) is 13.8 Å². The molecule has 366 valence electrons. The van der Waals surface area contributed by atoms with Crippen molar-refractivity contribution >= 4 is 23.9 Å². The van der Waals surface area contributed by atoms with Gasteiger partial charge in [0.15, 0.2) is 30.9 Å². The third-order valence-electron chi connectivity index (χ3n) is 12.1. The van der Waals surface area contributed by atoms with Crippen LogP contribution in [0.15, 0.2) is 0 Å². The maximum Gasteiger partial charge on any atom is 0.309 e. The average molecular weight is 911 g/mol. The topological polar surface area (TPSA) is 293 Å². The normalized spacial score (nSPS) is 34.9. The van der Waals surface area contributed by atoms with Crippen LogP contribution in [0.5, 0.6) is 0 Å². The lowest BCUT2D eigenvalue weighted by molar-refractivity contribution is -0.381. The van der Waals surface area contributed by atoms with E-state index in [1.54, 1.807) is 13.8 Å². The van der Waals surface area contributed by atoms with Gasteiger partial charge in [-0.15, -0.1) is 0 Å². The third kappa shape index (κ3) is 16.4. The second kappa shape index (κ2) is 27.1. The van der Waals surface area contributed by atoms with E-state index < -0.39 is 142 Å². The van der Waals surface area contributed by atoms with Crippen LogP contribution in [-0.4, -0.2) is 172 Å². The molecule has 0 radical (unpaired) electrons. The molecule has 0 spiro atoms. The summed E-state index contributed by atoms with van der Waals surface area (Å²) in [6, 6.07) is 0. The van der Waals surface area contributed by atoms with Gasteiger partial charge in [-0.25, -0.2) is 0 Å². The number of carbonyl (C=O) groups is 4. The molecule has 3 rings (SSSR count). The van der Waals surface area contributed by atoms with Crippen molar-refractivity contribution in [3.05, 3.63) is 0 Å². The first kappa shape index (κ1) is 54.7. The standard InChI is InChI=1S/C43H74O20/c1-8-22(4)15-13-11-12-14-16-29(46)60-37-28(21-56-41-35(52)33(50)31(48)26(19-44)57-41)59-43(63-42-36(53)34(51)32(49)27(58-42)20-55-25(7)45)39(38(37)62-40(54)24(6)10-3)61-30(47)18-17-23(5)9-2/h22-24,26-28,31-39,41-44,48-53H,8-21H2,1-7H3/t22?,23?,24?,26?,27?,28?,31-,32+,33-,34-,35?,36?,37+,38-,39?,41-,42+,43+/m0/s1. The van der Waals surface area contributed by atoms with Crippen LogP contribution in [0.1, 0.15) is 119 Å². The highest BCUT2D eigenvalue weighted by molar-refractivity contribution is 5.73. The van der Waals surface area contributed by atoms with Gasteiger partial charge in [-0.05, 0) is 31.1 Å². The molecular weight excluding hydrogens is 836 g/mol. The van der Waals surface area contributed by atoms with Crippen LogP contribution in [0.3, 0.4) is 0 Å². The first-order chi connectivity index (χ1) is 29.9. The second-order valence-electron chi connectivity index (χ2n) is 17.2. The molecule has 9 unspecified atom stereocenters. The van der Waals surface area contributed by atoms with Crippen molar-refractivity contribution in [2.45, 2.75) is 211 Å². The monoisotopic (exact) mass is 910 g/mol. The van der Waals surface area contributed by atoms with E-state index in [2.05, 4.69) is 13.8 Å². The zero-order valence-corrected chi connectivity index (χ0v) is 37.7. The van der Waals surface area contributed by atoms with Gasteiger partial charge in [0.25, 0.3) is 0 Å². The number of carbonyl (C=O) groups excluding carboxylic acids is 4. The van der Waals surface area contributed by atoms with Crippen LogP contribution < -0.4 is 0 Å². The van der Waals surface area contributed by atoms with Gasteiger partial charge in [-0.3, -0.25) is 19.2 Å². The Morgan fingerprint density at radius 1 is 0.556 bits per heavy atom. The van der Waals surface area contributed by atoms with Gasteiger partial charge in [0.1, 0.15) is 61.5 Å². The summed E-state index contributed by atoms with van der Waals surface area (Å²) in [5, 5.41) is 73.9. The van der Waals surface area contributed by atoms with Gasteiger partial charge < -0.3 is 78.4 Å². The van der Waals surface area contributed by atoms with Crippen molar-refractivity contribution in [1.82, 2.24) is 0 Å². The lowest BCUT2D eigenvalue weighted by atomic mass is 9.96. The fourth-order valence-electron chi connectivity index (χ4n) is 7.14. The number of ether oxygens (including phenoxy) is 9. The van der Waals surface area contributed by atoms with E-state index in [9.17, 15) is 54.9 Å². The predicted molar refractivity (Wildman–Crippen MR) is 218 cm³/mol. The Kier molecular flexibility index (Phi) is 23.6. The van der Waals surface area contributed by atoms with Gasteiger partial charge in [-0.2, -0.15) is 0 Å². The van der Waals surface area contributed by atoms with Crippen LogP contribution in [0.4, 0.5) is 0 Å². The van der Waals surface area contributed by atoms with E-state index in [1.165, 1.54) is 0 Å². The maximum absolute atomic E-state index is 13.7. The number of hydrogen-bond donors (Lipinski definition) is 7. The molecule has 3 saturated heterocycles. The Labute approximate surface area is 369 Å². The lowest BCUT2D eigenvalue weighted by Crippen LogP contribution is -2.66. The summed E-state index contributed by atoms with van der Waals surface area (Å²) in [5.41, 5.74) is 0. The molecule has 3 heterocycles. The van der Waals surface area contributed by atoms with Crippen molar-refractivity contribution < 1.29 is 97.6 Å². The van der Waals surface area contributed by atoms with Gasteiger partial charge in [0.05, 0.1) is 19.1 Å². The fourth-order valence-corrected chi connectivity index (χ4v) is 7.14. The number of rotatable bonds is 25. The number of esters is 4. The number of unbranched alkanes of at least 4 members (excludes halogenated alkanes) is 3. The predicted octanol–water partition coefficient (Wildman–Crippen LogP) is 0.910. The molecule has 0 aromatic carbocycles. The minimum absolute atomic E-state index is 0.0581. The second-order valence-corrected chi connectivity index (χ2v) is 17.2. The largest absolute Gasteiger partial charge is 0.463 e. The van der Waals surface area contributed by atoms with Crippen molar-refractivity contribution in [1.29, 1.82) is 0 Å². The highest BCUT2D eigenvalue weighted by atomic mass is 16.8. The molecule has 0 aromatic heterocycles. The molecule has 0 aromatic rings. The quantitative estimate of drug-likeness (QED) is 0.0381. The number of aliphatic hydroxyl groups is 7. The molecule has 0 saturated carbocycles. The van der Waals surface area contributed by atoms with Crippen molar-refractivity contribution in [2.24, 2.45) is 17.8 Å². The first-order valence-electron chi connectivity index (χ1n) is 22.5. The van der Waals surface area contributed by atoms with Crippen LogP contribution in [-0.2, 0) is 61.8 Å². The molecule has 18 atom stereocenters. The van der Waals surface area contributed by atoms with Crippen LogP contribution >= 0.6 is 0 Å². The van der Waals surface area contributed by atoms with Crippen molar-refractivity contribution in [2.75, 3.05) is 19.8 Å². The van der Waals surface area contributed by atoms with E-state index in [0.29, 0.717) is 25.2 Å². The summed E-state index contributed by atoms with van der Waals surface area (Å²) in [6.07, 6.45) is -19.4. The number of hydrogen-bond acceptors (Lipinski definition) is 20. The summed E-state index contributed by atoms with van der Waals surface area (Å²) >= 11 is 0. The molecule has 3 aliphatic rings. The summed E-state index contributed by atoms with van der Waals surface area (Å²) < 4.78 is 52.5. The SMILES string of the molecule is CCC(C)CCCCCCC(=O)O[C@@H]1C(CO[C@H]2OC(CO)[C@H](O)[C@H](O)C2O)O[C@H](O[C@H]2OC(COC(C)=O)[C@@H](O)[C@H](O)C2O)C(OC(=O)CCC(C)CC)[C@H]1OC(=O)C(C)CC. The van der Waals surface area contributed by atoms with Crippen molar-refractivity contribution in [3.8, 4) is 0 Å². The van der Waals surface area contributed by atoms with Gasteiger partial charge in [0.2, 0.25) is 6.29 Å². The molecule has 3 fully saturated rings. The van der Waals surface area contributed by atoms with Gasteiger partial charge in [0, 0.05) is 19.8 Å². The minimum Gasteiger partial charge on any atom is -0.463 e. The maximum atomic E-state index is 13.7. The Morgan fingerprint density at radius 3 is 1.73 bits per heavy atom. The molecule has 20 nitrogen and oxygen atoms in total. The average Bonchev–Trinajstić information content (AvgIpc) is 3.26. The summed E-state index contributed by atoms with van der Waals surface area (Å²) in [5.74, 6) is -3.05. The Bertz CT molecular complexity index is 1380. The number of aliphatic hydroxyl groups excluding tert-OH is 7. The Hall–Kier alpha value is -2.60. The smallest absolute Gasteiger partial charge is 0.309 e. The molecule has 0 amide bonds.